The number of pyridine rings is 1. The molecular formula is C17H19NO3. The number of benzene rings is 1. The quantitative estimate of drug-likeness (QED) is 0.807. The summed E-state index contributed by atoms with van der Waals surface area (Å²) in [7, 11) is 1.61. The van der Waals surface area contributed by atoms with Crippen molar-refractivity contribution in [1.29, 1.82) is 0 Å². The Morgan fingerprint density at radius 2 is 1.86 bits per heavy atom. The van der Waals surface area contributed by atoms with E-state index < -0.39 is 5.60 Å². The summed E-state index contributed by atoms with van der Waals surface area (Å²) in [5, 5.41) is 0. The summed E-state index contributed by atoms with van der Waals surface area (Å²) < 4.78 is 10.7. The maximum absolute atomic E-state index is 12.1. The van der Waals surface area contributed by atoms with Crippen LogP contribution in [-0.4, -0.2) is 23.7 Å². The smallest absolute Gasteiger partial charge is 0.338 e. The van der Waals surface area contributed by atoms with Crippen LogP contribution in [0.15, 0.2) is 42.6 Å². The molecule has 2 rings (SSSR count). The molecule has 0 aliphatic carbocycles. The Kier molecular flexibility index (Phi) is 4.26. The number of carbonyl (C=O) groups excluding carboxylic acids is 1. The fourth-order valence-electron chi connectivity index (χ4n) is 1.90. The number of hydrogen-bond acceptors (Lipinski definition) is 4. The predicted molar refractivity (Wildman–Crippen MR) is 81.4 cm³/mol. The fraction of sp³-hybridized carbons (Fsp3) is 0.294. The highest BCUT2D eigenvalue weighted by Gasteiger charge is 2.18. The molecule has 21 heavy (non-hydrogen) atoms. The number of para-hydroxylation sites is 1. The number of methoxy groups -OCH3 is 1. The molecule has 1 aromatic heterocycles. The van der Waals surface area contributed by atoms with E-state index in [1.54, 1.807) is 25.4 Å². The molecule has 4 heteroatoms. The van der Waals surface area contributed by atoms with Gasteiger partial charge in [0, 0.05) is 11.8 Å². The van der Waals surface area contributed by atoms with Crippen molar-refractivity contribution in [3.8, 4) is 17.0 Å². The van der Waals surface area contributed by atoms with E-state index in [0.717, 1.165) is 5.56 Å². The van der Waals surface area contributed by atoms with E-state index in [0.29, 0.717) is 17.0 Å². The van der Waals surface area contributed by atoms with Crippen LogP contribution in [0.25, 0.3) is 11.3 Å². The lowest BCUT2D eigenvalue weighted by atomic mass is 10.1. The lowest BCUT2D eigenvalue weighted by Gasteiger charge is -2.19. The molecule has 4 nitrogen and oxygen atoms in total. The van der Waals surface area contributed by atoms with Crippen LogP contribution < -0.4 is 4.74 Å². The number of rotatable bonds is 3. The van der Waals surface area contributed by atoms with E-state index in [-0.39, 0.29) is 5.97 Å². The van der Waals surface area contributed by atoms with Gasteiger partial charge >= 0.3 is 5.97 Å². The van der Waals surface area contributed by atoms with Crippen molar-refractivity contribution in [3.63, 3.8) is 0 Å². The first kappa shape index (κ1) is 15.0. The van der Waals surface area contributed by atoms with Gasteiger partial charge in [-0.15, -0.1) is 0 Å². The van der Waals surface area contributed by atoms with E-state index in [1.807, 2.05) is 45.0 Å². The van der Waals surface area contributed by atoms with Crippen molar-refractivity contribution in [2.45, 2.75) is 26.4 Å². The summed E-state index contributed by atoms with van der Waals surface area (Å²) in [4.78, 5) is 16.4. The number of nitrogens with zero attached hydrogens (tertiary/aromatic N) is 1. The molecule has 0 saturated carbocycles. The molecule has 2 aromatic rings. The van der Waals surface area contributed by atoms with Crippen molar-refractivity contribution in [2.24, 2.45) is 0 Å². The van der Waals surface area contributed by atoms with Crippen molar-refractivity contribution in [2.75, 3.05) is 7.11 Å². The Hall–Kier alpha value is -2.36. The Labute approximate surface area is 124 Å². The summed E-state index contributed by atoms with van der Waals surface area (Å²) in [6.45, 7) is 5.52. The number of carbonyl (C=O) groups is 1. The molecular weight excluding hydrogens is 266 g/mol. The maximum atomic E-state index is 12.1. The molecule has 0 unspecified atom stereocenters. The zero-order valence-electron chi connectivity index (χ0n) is 12.7. The minimum Gasteiger partial charge on any atom is -0.496 e. The van der Waals surface area contributed by atoms with Crippen molar-refractivity contribution < 1.29 is 14.3 Å². The Bertz CT molecular complexity index is 644. The average Bonchev–Trinajstić information content (AvgIpc) is 2.45. The van der Waals surface area contributed by atoms with Gasteiger partial charge in [0.1, 0.15) is 11.4 Å². The molecule has 0 atom stereocenters. The molecule has 0 radical (unpaired) electrons. The maximum Gasteiger partial charge on any atom is 0.338 e. The highest BCUT2D eigenvalue weighted by molar-refractivity contribution is 5.91. The van der Waals surface area contributed by atoms with Gasteiger partial charge in [-0.05, 0) is 45.0 Å². The Balaban J connectivity index is 2.36. The van der Waals surface area contributed by atoms with Crippen LogP contribution in [0.5, 0.6) is 5.75 Å². The summed E-state index contributed by atoms with van der Waals surface area (Å²) in [6.07, 6.45) is 1.60. The van der Waals surface area contributed by atoms with Crippen molar-refractivity contribution >= 4 is 5.97 Å². The van der Waals surface area contributed by atoms with E-state index in [4.69, 9.17) is 9.47 Å². The first-order valence-electron chi connectivity index (χ1n) is 6.73. The summed E-state index contributed by atoms with van der Waals surface area (Å²) in [6, 6.07) is 10.9. The molecule has 0 fully saturated rings. The zero-order valence-corrected chi connectivity index (χ0v) is 12.7. The molecule has 0 aliphatic rings. The van der Waals surface area contributed by atoms with Crippen LogP contribution in [-0.2, 0) is 4.74 Å². The highest BCUT2D eigenvalue weighted by atomic mass is 16.6. The monoisotopic (exact) mass is 285 g/mol. The van der Waals surface area contributed by atoms with Gasteiger partial charge in [0.05, 0.1) is 18.4 Å². The highest BCUT2D eigenvalue weighted by Crippen LogP contribution is 2.28. The molecule has 110 valence electrons. The van der Waals surface area contributed by atoms with Gasteiger partial charge in [-0.25, -0.2) is 4.79 Å². The van der Waals surface area contributed by atoms with Gasteiger partial charge < -0.3 is 9.47 Å². The molecule has 0 bridgehead atoms. The van der Waals surface area contributed by atoms with Crippen LogP contribution in [0.4, 0.5) is 0 Å². The third-order valence-corrected chi connectivity index (χ3v) is 2.78. The van der Waals surface area contributed by atoms with Gasteiger partial charge in [0.2, 0.25) is 0 Å². The van der Waals surface area contributed by atoms with Gasteiger partial charge in [0.25, 0.3) is 0 Å². The third kappa shape index (κ3) is 3.81. The average molecular weight is 285 g/mol. The van der Waals surface area contributed by atoms with Crippen LogP contribution in [0.3, 0.4) is 0 Å². The van der Waals surface area contributed by atoms with Crippen LogP contribution in [0.1, 0.15) is 31.1 Å². The summed E-state index contributed by atoms with van der Waals surface area (Å²) in [5.74, 6) is 0.354. The number of esters is 1. The van der Waals surface area contributed by atoms with Gasteiger partial charge in [-0.1, -0.05) is 12.1 Å². The molecule has 0 aliphatic heterocycles. The van der Waals surface area contributed by atoms with Gasteiger partial charge in [-0.2, -0.15) is 0 Å². The fourth-order valence-corrected chi connectivity index (χ4v) is 1.90. The second-order valence-corrected chi connectivity index (χ2v) is 5.63. The predicted octanol–water partition coefficient (Wildman–Crippen LogP) is 3.71. The molecule has 0 amide bonds. The standard InChI is InChI=1S/C17H19NO3/c1-17(2,3)21-16(19)12-9-10-18-14(11-12)13-7-5-6-8-15(13)20-4/h5-11H,1-4H3. The summed E-state index contributed by atoms with van der Waals surface area (Å²) >= 11 is 0. The van der Waals surface area contributed by atoms with Gasteiger partial charge in [0.15, 0.2) is 0 Å². The first-order valence-corrected chi connectivity index (χ1v) is 6.73. The molecule has 1 heterocycles. The number of aromatic nitrogens is 1. The molecule has 0 N–H and O–H groups in total. The Morgan fingerprint density at radius 3 is 2.52 bits per heavy atom. The Morgan fingerprint density at radius 1 is 1.14 bits per heavy atom. The molecule has 0 spiro atoms. The van der Waals surface area contributed by atoms with E-state index in [1.165, 1.54) is 0 Å². The molecule has 1 aromatic carbocycles. The second-order valence-electron chi connectivity index (χ2n) is 5.63. The minimum atomic E-state index is -0.523. The number of hydrogen-bond donors (Lipinski definition) is 0. The summed E-state index contributed by atoms with van der Waals surface area (Å²) in [5.41, 5.74) is 1.47. The van der Waals surface area contributed by atoms with Crippen molar-refractivity contribution in [3.05, 3.63) is 48.2 Å². The normalized spacial score (nSPS) is 11.0. The topological polar surface area (TPSA) is 48.4 Å². The SMILES string of the molecule is COc1ccccc1-c1cc(C(=O)OC(C)(C)C)ccn1. The second kappa shape index (κ2) is 5.95. The van der Waals surface area contributed by atoms with Crippen molar-refractivity contribution in [1.82, 2.24) is 4.98 Å². The van der Waals surface area contributed by atoms with Crippen LogP contribution in [0.2, 0.25) is 0 Å². The molecule has 0 saturated heterocycles. The van der Waals surface area contributed by atoms with Crippen LogP contribution in [0, 0.1) is 0 Å². The number of ether oxygens (including phenoxy) is 2. The first-order chi connectivity index (χ1) is 9.90. The lowest BCUT2D eigenvalue weighted by molar-refractivity contribution is 0.00694. The lowest BCUT2D eigenvalue weighted by Crippen LogP contribution is -2.23. The largest absolute Gasteiger partial charge is 0.496 e. The van der Waals surface area contributed by atoms with E-state index in [2.05, 4.69) is 4.98 Å². The zero-order chi connectivity index (χ0) is 15.5. The van der Waals surface area contributed by atoms with Crippen LogP contribution >= 0.6 is 0 Å². The van der Waals surface area contributed by atoms with Gasteiger partial charge in [-0.3, -0.25) is 4.98 Å². The van der Waals surface area contributed by atoms with E-state index >= 15 is 0 Å². The van der Waals surface area contributed by atoms with E-state index in [9.17, 15) is 4.79 Å². The third-order valence-electron chi connectivity index (χ3n) is 2.78. The minimum absolute atomic E-state index is 0.360.